The minimum absolute atomic E-state index is 0.0679. The SMILES string of the molecule is O=C(N1CC2(CC(c3cc(C4CC4)[nH]n3)C2)C1)N1CC2(CN(Cc3nc(C(F)(F)F)co3)C2)C1. The maximum Gasteiger partial charge on any atom is 0.436 e. The van der Waals surface area contributed by atoms with E-state index in [-0.39, 0.29) is 29.3 Å². The molecule has 2 saturated carbocycles. The Morgan fingerprint density at radius 3 is 2.35 bits per heavy atom. The number of alkyl halides is 3. The zero-order valence-electron chi connectivity index (χ0n) is 18.8. The number of hydrogen-bond acceptors (Lipinski definition) is 5. The van der Waals surface area contributed by atoms with Gasteiger partial charge in [0, 0.05) is 67.6 Å². The zero-order chi connectivity index (χ0) is 23.3. The van der Waals surface area contributed by atoms with E-state index in [2.05, 4.69) is 21.2 Å². The number of aromatic amines is 1. The third-order valence-electron chi connectivity index (χ3n) is 8.38. The summed E-state index contributed by atoms with van der Waals surface area (Å²) in [5, 5.41) is 7.73. The summed E-state index contributed by atoms with van der Waals surface area (Å²) < 4.78 is 42.9. The first-order chi connectivity index (χ1) is 16.2. The Labute approximate surface area is 194 Å². The van der Waals surface area contributed by atoms with Crippen LogP contribution in [0.3, 0.4) is 0 Å². The molecule has 5 fully saturated rings. The van der Waals surface area contributed by atoms with Gasteiger partial charge in [-0.15, -0.1) is 0 Å². The second-order valence-corrected chi connectivity index (χ2v) is 11.4. The van der Waals surface area contributed by atoms with Crippen molar-refractivity contribution in [2.24, 2.45) is 10.8 Å². The van der Waals surface area contributed by atoms with E-state index in [0.717, 1.165) is 39.0 Å². The molecule has 2 aliphatic carbocycles. The molecule has 3 saturated heterocycles. The summed E-state index contributed by atoms with van der Waals surface area (Å²) in [4.78, 5) is 22.3. The van der Waals surface area contributed by atoms with Gasteiger partial charge in [0.25, 0.3) is 0 Å². The van der Waals surface area contributed by atoms with Crippen LogP contribution >= 0.6 is 0 Å². The number of halogens is 3. The van der Waals surface area contributed by atoms with Gasteiger partial charge in [-0.3, -0.25) is 10.00 Å². The molecule has 11 heteroatoms. The molecule has 2 spiro atoms. The monoisotopic (exact) mass is 476 g/mol. The number of nitrogens with one attached hydrogen (secondary N) is 1. The molecule has 0 unspecified atom stereocenters. The van der Waals surface area contributed by atoms with Crippen molar-refractivity contribution in [3.05, 3.63) is 35.3 Å². The fourth-order valence-electron chi connectivity index (χ4n) is 6.54. The van der Waals surface area contributed by atoms with Crippen molar-refractivity contribution in [1.29, 1.82) is 0 Å². The van der Waals surface area contributed by atoms with Crippen LogP contribution in [0.2, 0.25) is 0 Å². The van der Waals surface area contributed by atoms with Crippen molar-refractivity contribution in [3.63, 3.8) is 0 Å². The first kappa shape index (κ1) is 20.8. The Morgan fingerprint density at radius 1 is 1.06 bits per heavy atom. The molecule has 34 heavy (non-hydrogen) atoms. The predicted molar refractivity (Wildman–Crippen MR) is 113 cm³/mol. The molecule has 1 N–H and O–H groups in total. The van der Waals surface area contributed by atoms with Crippen molar-refractivity contribution in [2.45, 2.75) is 50.2 Å². The Morgan fingerprint density at radius 2 is 1.74 bits per heavy atom. The van der Waals surface area contributed by atoms with E-state index in [9.17, 15) is 18.0 Å². The van der Waals surface area contributed by atoms with Gasteiger partial charge in [-0.25, -0.2) is 9.78 Å². The normalized spacial score (nSPS) is 25.7. The van der Waals surface area contributed by atoms with E-state index in [1.165, 1.54) is 24.2 Å². The number of likely N-dealkylation sites (tertiary alicyclic amines) is 3. The molecular weight excluding hydrogens is 449 g/mol. The van der Waals surface area contributed by atoms with Crippen LogP contribution in [0, 0.1) is 10.8 Å². The van der Waals surface area contributed by atoms with Crippen LogP contribution in [0.5, 0.6) is 0 Å². The summed E-state index contributed by atoms with van der Waals surface area (Å²) in [6, 6.07) is 2.37. The number of nitrogens with zero attached hydrogens (tertiary/aromatic N) is 5. The van der Waals surface area contributed by atoms with Gasteiger partial charge in [0.2, 0.25) is 5.89 Å². The van der Waals surface area contributed by atoms with Gasteiger partial charge >= 0.3 is 12.2 Å². The maximum absolute atomic E-state index is 12.9. The van der Waals surface area contributed by atoms with Crippen molar-refractivity contribution < 1.29 is 22.4 Å². The van der Waals surface area contributed by atoms with Gasteiger partial charge in [-0.2, -0.15) is 18.3 Å². The molecule has 7 rings (SSSR count). The fourth-order valence-corrected chi connectivity index (χ4v) is 6.54. The minimum atomic E-state index is -4.49. The summed E-state index contributed by atoms with van der Waals surface area (Å²) in [5.74, 6) is 1.29. The molecule has 0 aromatic carbocycles. The van der Waals surface area contributed by atoms with E-state index in [4.69, 9.17) is 4.42 Å². The van der Waals surface area contributed by atoms with Gasteiger partial charge < -0.3 is 14.2 Å². The van der Waals surface area contributed by atoms with Gasteiger partial charge in [-0.05, 0) is 31.7 Å². The lowest BCUT2D eigenvalue weighted by Crippen LogP contribution is -2.75. The number of oxazole rings is 1. The van der Waals surface area contributed by atoms with Crippen LogP contribution in [0.15, 0.2) is 16.7 Å². The fraction of sp³-hybridized carbons (Fsp3) is 0.696. The van der Waals surface area contributed by atoms with Crippen LogP contribution in [0.4, 0.5) is 18.0 Å². The van der Waals surface area contributed by atoms with Crippen LogP contribution in [-0.4, -0.2) is 75.2 Å². The van der Waals surface area contributed by atoms with E-state index in [1.54, 1.807) is 0 Å². The smallest absolute Gasteiger partial charge is 0.436 e. The maximum atomic E-state index is 12.9. The molecule has 0 atom stereocenters. The van der Waals surface area contributed by atoms with E-state index in [0.29, 0.717) is 31.2 Å². The first-order valence-corrected chi connectivity index (χ1v) is 12.0. The predicted octanol–water partition coefficient (Wildman–Crippen LogP) is 3.41. The van der Waals surface area contributed by atoms with Gasteiger partial charge in [0.15, 0.2) is 5.69 Å². The lowest BCUT2D eigenvalue weighted by atomic mass is 9.57. The summed E-state index contributed by atoms with van der Waals surface area (Å²) >= 11 is 0. The van der Waals surface area contributed by atoms with Crippen molar-refractivity contribution in [3.8, 4) is 0 Å². The van der Waals surface area contributed by atoms with Gasteiger partial charge in [-0.1, -0.05) is 0 Å². The molecule has 8 nitrogen and oxygen atoms in total. The number of urea groups is 1. The van der Waals surface area contributed by atoms with E-state index in [1.807, 2.05) is 14.7 Å². The quantitative estimate of drug-likeness (QED) is 0.732. The highest BCUT2D eigenvalue weighted by Gasteiger charge is 2.58. The number of hydrogen-bond donors (Lipinski definition) is 1. The second-order valence-electron chi connectivity index (χ2n) is 11.4. The second kappa shape index (κ2) is 6.77. The average molecular weight is 477 g/mol. The largest absolute Gasteiger partial charge is 0.447 e. The zero-order valence-corrected chi connectivity index (χ0v) is 18.8. The molecule has 182 valence electrons. The van der Waals surface area contributed by atoms with Crippen molar-refractivity contribution >= 4 is 6.03 Å². The standard InChI is InChI=1S/C23H27F3N6O2/c24-23(25,26)18-7-34-19(27-18)6-30-8-22(9-30)12-32(13-22)20(33)31-10-21(11-31)4-15(5-21)17-3-16(28-29-17)14-1-2-14/h3,7,14-15H,1-2,4-6,8-13H2,(H,28,29). The lowest BCUT2D eigenvalue weighted by molar-refractivity contribution is -0.141. The van der Waals surface area contributed by atoms with Crippen LogP contribution in [-0.2, 0) is 12.7 Å². The average Bonchev–Trinajstić information content (AvgIpc) is 3.19. The molecular formula is C23H27F3N6O2. The third kappa shape index (κ3) is 3.34. The van der Waals surface area contributed by atoms with Crippen LogP contribution in [0.1, 0.15) is 60.5 Å². The summed E-state index contributed by atoms with van der Waals surface area (Å²) in [6.45, 7) is 4.86. The molecule has 2 aromatic rings. The Kier molecular flexibility index (Phi) is 4.14. The van der Waals surface area contributed by atoms with E-state index >= 15 is 0 Å². The Bertz CT molecular complexity index is 1110. The summed E-state index contributed by atoms with van der Waals surface area (Å²) in [5.41, 5.74) is 1.83. The molecule has 5 heterocycles. The number of carbonyl (C=O) groups is 1. The topological polar surface area (TPSA) is 81.5 Å². The van der Waals surface area contributed by atoms with Crippen LogP contribution in [0.25, 0.3) is 0 Å². The number of aromatic nitrogens is 3. The highest BCUT2D eigenvalue weighted by Crippen LogP contribution is 2.56. The number of amides is 2. The molecule has 0 radical (unpaired) electrons. The number of rotatable bonds is 4. The highest BCUT2D eigenvalue weighted by atomic mass is 19.4. The molecule has 3 aliphatic heterocycles. The highest BCUT2D eigenvalue weighted by molar-refractivity contribution is 5.77. The molecule has 2 aromatic heterocycles. The molecule has 5 aliphatic rings. The third-order valence-corrected chi connectivity index (χ3v) is 8.38. The minimum Gasteiger partial charge on any atom is -0.447 e. The lowest BCUT2D eigenvalue weighted by Gasteiger charge is -2.63. The Hall–Kier alpha value is -2.56. The van der Waals surface area contributed by atoms with Crippen molar-refractivity contribution in [2.75, 3.05) is 39.3 Å². The van der Waals surface area contributed by atoms with Gasteiger partial charge in [0.1, 0.15) is 6.26 Å². The van der Waals surface area contributed by atoms with Gasteiger partial charge in [0.05, 0.1) is 12.2 Å². The number of carbonyl (C=O) groups excluding carboxylic acids is 1. The molecule has 2 amide bonds. The Balaban J connectivity index is 0.844. The van der Waals surface area contributed by atoms with E-state index < -0.39 is 11.9 Å². The summed E-state index contributed by atoms with van der Waals surface area (Å²) in [7, 11) is 0. The number of H-pyrrole nitrogens is 1. The first-order valence-electron chi connectivity index (χ1n) is 12.0. The molecule has 0 bridgehead atoms. The van der Waals surface area contributed by atoms with Crippen molar-refractivity contribution in [1.82, 2.24) is 29.9 Å². The van der Waals surface area contributed by atoms with Crippen LogP contribution < -0.4 is 0 Å². The summed E-state index contributed by atoms with van der Waals surface area (Å²) in [6.07, 6.45) is 0.948.